The van der Waals surface area contributed by atoms with E-state index >= 15 is 0 Å². The number of nitriles is 1. The van der Waals surface area contributed by atoms with Crippen LogP contribution in [0.3, 0.4) is 0 Å². The molecule has 15 heavy (non-hydrogen) atoms. The van der Waals surface area contributed by atoms with E-state index < -0.39 is 0 Å². The molecule has 0 saturated heterocycles. The Morgan fingerprint density at radius 3 is 2.27 bits per heavy atom. The first-order chi connectivity index (χ1) is 7.15. The van der Waals surface area contributed by atoms with Crippen molar-refractivity contribution in [1.82, 2.24) is 4.90 Å². The summed E-state index contributed by atoms with van der Waals surface area (Å²) in [6.07, 6.45) is 0. The Morgan fingerprint density at radius 2 is 1.80 bits per heavy atom. The van der Waals surface area contributed by atoms with Crippen molar-refractivity contribution in [2.45, 2.75) is 27.3 Å². The standard InChI is InChI=1S/C13H18N2/c1-4-15(6-5-14)10-13-8-11(2)7-12(3)9-13/h7-9H,4,6,10H2,1-3H3. The van der Waals surface area contributed by atoms with Crippen LogP contribution < -0.4 is 0 Å². The zero-order chi connectivity index (χ0) is 11.3. The Hall–Kier alpha value is -1.33. The molecule has 0 aliphatic heterocycles. The van der Waals surface area contributed by atoms with E-state index in [1.54, 1.807) is 0 Å². The van der Waals surface area contributed by atoms with E-state index in [0.29, 0.717) is 6.54 Å². The summed E-state index contributed by atoms with van der Waals surface area (Å²) in [6.45, 7) is 8.59. The molecule has 0 aromatic heterocycles. The fraction of sp³-hybridized carbons (Fsp3) is 0.462. The highest BCUT2D eigenvalue weighted by atomic mass is 15.1. The lowest BCUT2D eigenvalue weighted by molar-refractivity contribution is 0.314. The van der Waals surface area contributed by atoms with Crippen molar-refractivity contribution in [2.75, 3.05) is 13.1 Å². The number of hydrogen-bond acceptors (Lipinski definition) is 2. The third-order valence-electron chi connectivity index (χ3n) is 2.43. The van der Waals surface area contributed by atoms with Crippen LogP contribution in [0.5, 0.6) is 0 Å². The van der Waals surface area contributed by atoms with Crippen LogP contribution in [-0.4, -0.2) is 18.0 Å². The van der Waals surface area contributed by atoms with Gasteiger partial charge in [0.25, 0.3) is 0 Å². The van der Waals surface area contributed by atoms with Gasteiger partial charge in [-0.3, -0.25) is 4.90 Å². The SMILES string of the molecule is CCN(CC#N)Cc1cc(C)cc(C)c1. The minimum absolute atomic E-state index is 0.503. The van der Waals surface area contributed by atoms with Crippen LogP contribution >= 0.6 is 0 Å². The van der Waals surface area contributed by atoms with Gasteiger partial charge >= 0.3 is 0 Å². The first-order valence-corrected chi connectivity index (χ1v) is 5.32. The quantitative estimate of drug-likeness (QED) is 0.702. The van der Waals surface area contributed by atoms with Gasteiger partial charge in [-0.05, 0) is 26.0 Å². The Labute approximate surface area is 92.1 Å². The van der Waals surface area contributed by atoms with E-state index in [-0.39, 0.29) is 0 Å². The monoisotopic (exact) mass is 202 g/mol. The molecule has 0 saturated carbocycles. The summed E-state index contributed by atoms with van der Waals surface area (Å²) in [5.74, 6) is 0. The molecule has 0 spiro atoms. The molecule has 0 aliphatic rings. The van der Waals surface area contributed by atoms with Crippen molar-refractivity contribution in [3.63, 3.8) is 0 Å². The molecule has 0 fully saturated rings. The number of hydrogen-bond donors (Lipinski definition) is 0. The van der Waals surface area contributed by atoms with Crippen molar-refractivity contribution in [3.8, 4) is 6.07 Å². The zero-order valence-electron chi connectivity index (χ0n) is 9.75. The molecule has 0 amide bonds. The van der Waals surface area contributed by atoms with E-state index in [1.165, 1.54) is 16.7 Å². The lowest BCUT2D eigenvalue weighted by Gasteiger charge is -2.17. The molecule has 1 rings (SSSR count). The Bertz CT molecular complexity index is 343. The van der Waals surface area contributed by atoms with Crippen LogP contribution in [-0.2, 0) is 6.54 Å². The third-order valence-corrected chi connectivity index (χ3v) is 2.43. The third kappa shape index (κ3) is 3.73. The number of benzene rings is 1. The normalized spacial score (nSPS) is 10.3. The van der Waals surface area contributed by atoms with Gasteiger partial charge in [-0.1, -0.05) is 36.2 Å². The molecule has 0 atom stereocenters. The number of rotatable bonds is 4. The first-order valence-electron chi connectivity index (χ1n) is 5.32. The summed E-state index contributed by atoms with van der Waals surface area (Å²) in [4.78, 5) is 2.13. The topological polar surface area (TPSA) is 27.0 Å². The molecule has 1 aromatic rings. The zero-order valence-corrected chi connectivity index (χ0v) is 9.75. The van der Waals surface area contributed by atoms with E-state index in [0.717, 1.165) is 13.1 Å². The summed E-state index contributed by atoms with van der Waals surface area (Å²) in [6, 6.07) is 8.74. The molecule has 0 unspecified atom stereocenters. The lowest BCUT2D eigenvalue weighted by Crippen LogP contribution is -2.23. The highest BCUT2D eigenvalue weighted by Gasteiger charge is 2.03. The molecule has 80 valence electrons. The van der Waals surface area contributed by atoms with Gasteiger partial charge in [0, 0.05) is 6.54 Å². The van der Waals surface area contributed by atoms with Gasteiger partial charge in [0.15, 0.2) is 0 Å². The average molecular weight is 202 g/mol. The molecule has 0 heterocycles. The number of nitrogens with zero attached hydrogens (tertiary/aromatic N) is 2. The number of aryl methyl sites for hydroxylation is 2. The maximum Gasteiger partial charge on any atom is 0.0868 e. The van der Waals surface area contributed by atoms with Crippen molar-refractivity contribution in [2.24, 2.45) is 0 Å². The van der Waals surface area contributed by atoms with Crippen molar-refractivity contribution < 1.29 is 0 Å². The molecule has 2 heteroatoms. The summed E-state index contributed by atoms with van der Waals surface area (Å²) < 4.78 is 0. The predicted octanol–water partition coefficient (Wildman–Crippen LogP) is 2.65. The van der Waals surface area contributed by atoms with E-state index in [4.69, 9.17) is 5.26 Å². The first kappa shape index (κ1) is 11.7. The molecule has 1 aromatic carbocycles. The van der Waals surface area contributed by atoms with Gasteiger partial charge in [-0.2, -0.15) is 5.26 Å². The van der Waals surface area contributed by atoms with Crippen molar-refractivity contribution >= 4 is 0 Å². The maximum absolute atomic E-state index is 8.66. The van der Waals surface area contributed by atoms with Crippen LogP contribution in [0.2, 0.25) is 0 Å². The Morgan fingerprint density at radius 1 is 1.20 bits per heavy atom. The van der Waals surface area contributed by atoms with Crippen LogP contribution in [0, 0.1) is 25.2 Å². The smallest absolute Gasteiger partial charge is 0.0868 e. The summed E-state index contributed by atoms with van der Waals surface area (Å²) in [5, 5.41) is 8.66. The van der Waals surface area contributed by atoms with Crippen molar-refractivity contribution in [3.05, 3.63) is 34.9 Å². The fourth-order valence-corrected chi connectivity index (χ4v) is 1.80. The van der Waals surface area contributed by atoms with Gasteiger partial charge in [0.2, 0.25) is 0 Å². The average Bonchev–Trinajstić information content (AvgIpc) is 2.15. The van der Waals surface area contributed by atoms with Gasteiger partial charge in [-0.25, -0.2) is 0 Å². The predicted molar refractivity (Wildman–Crippen MR) is 62.5 cm³/mol. The van der Waals surface area contributed by atoms with E-state index in [9.17, 15) is 0 Å². The fourth-order valence-electron chi connectivity index (χ4n) is 1.80. The molecule has 0 aliphatic carbocycles. The van der Waals surface area contributed by atoms with E-state index in [1.807, 2.05) is 0 Å². The van der Waals surface area contributed by atoms with Crippen molar-refractivity contribution in [1.29, 1.82) is 5.26 Å². The van der Waals surface area contributed by atoms with Crippen LogP contribution in [0.25, 0.3) is 0 Å². The highest BCUT2D eigenvalue weighted by Crippen LogP contribution is 2.11. The van der Waals surface area contributed by atoms with Gasteiger partial charge in [0.05, 0.1) is 12.6 Å². The summed E-state index contributed by atoms with van der Waals surface area (Å²) >= 11 is 0. The molecule has 2 nitrogen and oxygen atoms in total. The van der Waals surface area contributed by atoms with Crippen LogP contribution in [0.15, 0.2) is 18.2 Å². The molecular formula is C13H18N2. The molecular weight excluding hydrogens is 184 g/mol. The Balaban J connectivity index is 2.75. The second kappa shape index (κ2) is 5.53. The summed E-state index contributed by atoms with van der Waals surface area (Å²) in [5.41, 5.74) is 3.88. The minimum Gasteiger partial charge on any atom is -0.287 e. The maximum atomic E-state index is 8.66. The minimum atomic E-state index is 0.503. The highest BCUT2D eigenvalue weighted by molar-refractivity contribution is 5.28. The summed E-state index contributed by atoms with van der Waals surface area (Å²) in [7, 11) is 0. The van der Waals surface area contributed by atoms with E-state index in [2.05, 4.69) is 49.9 Å². The van der Waals surface area contributed by atoms with Crippen LogP contribution in [0.1, 0.15) is 23.6 Å². The molecule has 0 N–H and O–H groups in total. The largest absolute Gasteiger partial charge is 0.287 e. The van der Waals surface area contributed by atoms with Crippen LogP contribution in [0.4, 0.5) is 0 Å². The second-order valence-corrected chi connectivity index (χ2v) is 3.96. The van der Waals surface area contributed by atoms with Gasteiger partial charge in [-0.15, -0.1) is 0 Å². The molecule has 0 radical (unpaired) electrons. The Kier molecular flexibility index (Phi) is 4.33. The molecule has 0 bridgehead atoms. The van der Waals surface area contributed by atoms with Gasteiger partial charge < -0.3 is 0 Å². The second-order valence-electron chi connectivity index (χ2n) is 3.96. The van der Waals surface area contributed by atoms with Gasteiger partial charge in [0.1, 0.15) is 0 Å². The lowest BCUT2D eigenvalue weighted by atomic mass is 10.1.